The number of anilines is 3. The number of hydrogen-bond acceptors (Lipinski definition) is 3. The second-order valence-corrected chi connectivity index (χ2v) is 6.57. The summed E-state index contributed by atoms with van der Waals surface area (Å²) in [6, 6.07) is 14.5. The lowest BCUT2D eigenvalue weighted by atomic mass is 10.1. The van der Waals surface area contributed by atoms with Gasteiger partial charge in [-0.1, -0.05) is 12.1 Å². The number of amides is 1. The lowest BCUT2D eigenvalue weighted by molar-refractivity contribution is -0.115. The number of benzene rings is 2. The molecule has 0 aliphatic rings. The highest BCUT2D eigenvalue weighted by atomic mass is 16.2. The standard InChI is InChI=1S/C22H31N3O/c1-6-24(7-2)20-12-13-21(18(5)15-20)23-22(26)16-25(8-3)19-11-9-10-17(4)14-19/h9-15H,6-8,16H2,1-5H3,(H,23,26). The summed E-state index contributed by atoms with van der Waals surface area (Å²) in [7, 11) is 0. The molecule has 0 radical (unpaired) electrons. The summed E-state index contributed by atoms with van der Waals surface area (Å²) in [5.41, 5.74) is 5.44. The van der Waals surface area contributed by atoms with E-state index in [9.17, 15) is 4.79 Å². The average Bonchev–Trinajstić information content (AvgIpc) is 2.63. The van der Waals surface area contributed by atoms with Crippen LogP contribution in [0.5, 0.6) is 0 Å². The Morgan fingerprint density at radius 1 is 0.885 bits per heavy atom. The normalized spacial score (nSPS) is 10.5. The number of aryl methyl sites for hydroxylation is 2. The van der Waals surface area contributed by atoms with Crippen molar-refractivity contribution in [1.29, 1.82) is 0 Å². The molecular formula is C22H31N3O. The van der Waals surface area contributed by atoms with Crippen molar-refractivity contribution in [3.63, 3.8) is 0 Å². The Morgan fingerprint density at radius 2 is 1.54 bits per heavy atom. The van der Waals surface area contributed by atoms with Crippen molar-refractivity contribution in [3.8, 4) is 0 Å². The molecule has 0 saturated heterocycles. The maximum atomic E-state index is 12.6. The molecule has 4 heteroatoms. The molecule has 0 aliphatic heterocycles. The van der Waals surface area contributed by atoms with Gasteiger partial charge >= 0.3 is 0 Å². The Balaban J connectivity index is 2.07. The second-order valence-electron chi connectivity index (χ2n) is 6.57. The molecule has 0 fully saturated rings. The van der Waals surface area contributed by atoms with Gasteiger partial charge in [0.25, 0.3) is 0 Å². The van der Waals surface area contributed by atoms with Crippen molar-refractivity contribution in [2.45, 2.75) is 34.6 Å². The first kappa shape index (κ1) is 19.8. The largest absolute Gasteiger partial charge is 0.372 e. The summed E-state index contributed by atoms with van der Waals surface area (Å²) < 4.78 is 0. The molecule has 1 N–H and O–H groups in total. The number of carbonyl (C=O) groups excluding carboxylic acids is 1. The zero-order chi connectivity index (χ0) is 19.1. The molecule has 1 amide bonds. The van der Waals surface area contributed by atoms with Crippen molar-refractivity contribution in [2.24, 2.45) is 0 Å². The van der Waals surface area contributed by atoms with Crippen LogP contribution in [-0.2, 0) is 4.79 Å². The number of likely N-dealkylation sites (N-methyl/N-ethyl adjacent to an activating group) is 1. The smallest absolute Gasteiger partial charge is 0.243 e. The molecule has 0 unspecified atom stereocenters. The second kappa shape index (κ2) is 9.27. The predicted octanol–water partition coefficient (Wildman–Crippen LogP) is 4.61. The van der Waals surface area contributed by atoms with Crippen molar-refractivity contribution in [3.05, 3.63) is 53.6 Å². The van der Waals surface area contributed by atoms with Crippen LogP contribution in [0.15, 0.2) is 42.5 Å². The molecule has 2 aromatic rings. The van der Waals surface area contributed by atoms with Gasteiger partial charge in [-0.25, -0.2) is 0 Å². The summed E-state index contributed by atoms with van der Waals surface area (Å²) in [6.07, 6.45) is 0. The fourth-order valence-corrected chi connectivity index (χ4v) is 3.15. The van der Waals surface area contributed by atoms with Crippen molar-refractivity contribution >= 4 is 23.0 Å². The van der Waals surface area contributed by atoms with Crippen molar-refractivity contribution in [2.75, 3.05) is 41.3 Å². The fourth-order valence-electron chi connectivity index (χ4n) is 3.15. The monoisotopic (exact) mass is 353 g/mol. The molecule has 0 aromatic heterocycles. The van der Waals surface area contributed by atoms with Gasteiger partial charge in [-0.15, -0.1) is 0 Å². The lowest BCUT2D eigenvalue weighted by Crippen LogP contribution is -2.33. The molecule has 0 bridgehead atoms. The maximum absolute atomic E-state index is 12.6. The van der Waals surface area contributed by atoms with E-state index in [-0.39, 0.29) is 5.91 Å². The van der Waals surface area contributed by atoms with E-state index >= 15 is 0 Å². The first-order chi connectivity index (χ1) is 12.5. The maximum Gasteiger partial charge on any atom is 0.243 e. The van der Waals surface area contributed by atoms with Crippen LogP contribution < -0.4 is 15.1 Å². The van der Waals surface area contributed by atoms with Gasteiger partial charge in [-0.05, 0) is 76.1 Å². The van der Waals surface area contributed by atoms with E-state index in [2.05, 4.69) is 67.1 Å². The van der Waals surface area contributed by atoms with Crippen LogP contribution in [-0.4, -0.2) is 32.1 Å². The number of nitrogens with zero attached hydrogens (tertiary/aromatic N) is 2. The summed E-state index contributed by atoms with van der Waals surface area (Å²) >= 11 is 0. The van der Waals surface area contributed by atoms with E-state index in [1.54, 1.807) is 0 Å². The predicted molar refractivity (Wildman–Crippen MR) is 112 cm³/mol. The molecule has 140 valence electrons. The van der Waals surface area contributed by atoms with Crippen LogP contribution in [0.4, 0.5) is 17.1 Å². The van der Waals surface area contributed by atoms with Crippen molar-refractivity contribution < 1.29 is 4.79 Å². The summed E-state index contributed by atoms with van der Waals surface area (Å²) in [5.74, 6) is 0.00652. The van der Waals surface area contributed by atoms with Crippen LogP contribution in [0.3, 0.4) is 0 Å². The first-order valence-corrected chi connectivity index (χ1v) is 9.45. The first-order valence-electron chi connectivity index (χ1n) is 9.45. The van der Waals surface area contributed by atoms with Gasteiger partial charge in [0.05, 0.1) is 6.54 Å². The SMILES string of the molecule is CCN(CC)c1ccc(NC(=O)CN(CC)c2cccc(C)c2)c(C)c1. The minimum atomic E-state index is 0.00652. The van der Waals surface area contributed by atoms with Gasteiger partial charge in [-0.3, -0.25) is 4.79 Å². The van der Waals surface area contributed by atoms with E-state index in [0.29, 0.717) is 6.54 Å². The van der Waals surface area contributed by atoms with E-state index in [4.69, 9.17) is 0 Å². The zero-order valence-electron chi connectivity index (χ0n) is 16.7. The minimum absolute atomic E-state index is 0.00652. The number of carbonyl (C=O) groups is 1. The molecule has 0 atom stereocenters. The lowest BCUT2D eigenvalue weighted by Gasteiger charge is -2.24. The average molecular weight is 354 g/mol. The van der Waals surface area contributed by atoms with Gasteiger partial charge in [0.1, 0.15) is 0 Å². The Bertz CT molecular complexity index is 738. The summed E-state index contributed by atoms with van der Waals surface area (Å²) in [4.78, 5) is 16.9. The van der Waals surface area contributed by atoms with E-state index in [1.807, 2.05) is 25.1 Å². The highest BCUT2D eigenvalue weighted by Crippen LogP contribution is 2.23. The molecule has 4 nitrogen and oxygen atoms in total. The van der Waals surface area contributed by atoms with Gasteiger partial charge < -0.3 is 15.1 Å². The quantitative estimate of drug-likeness (QED) is 0.752. The number of nitrogens with one attached hydrogen (secondary N) is 1. The minimum Gasteiger partial charge on any atom is -0.372 e. The Morgan fingerprint density at radius 3 is 2.12 bits per heavy atom. The van der Waals surface area contributed by atoms with Gasteiger partial charge in [0.15, 0.2) is 0 Å². The van der Waals surface area contributed by atoms with Crippen molar-refractivity contribution in [1.82, 2.24) is 0 Å². The number of rotatable bonds is 8. The molecule has 0 saturated carbocycles. The highest BCUT2D eigenvalue weighted by molar-refractivity contribution is 5.95. The zero-order valence-corrected chi connectivity index (χ0v) is 16.7. The van der Waals surface area contributed by atoms with Gasteiger partial charge in [-0.2, -0.15) is 0 Å². The van der Waals surface area contributed by atoms with E-state index in [1.165, 1.54) is 11.3 Å². The molecule has 2 rings (SSSR count). The van der Waals surface area contributed by atoms with Crippen LogP contribution in [0.2, 0.25) is 0 Å². The molecule has 0 aliphatic carbocycles. The Labute approximate surface area is 157 Å². The molecular weight excluding hydrogens is 322 g/mol. The number of hydrogen-bond donors (Lipinski definition) is 1. The Kier molecular flexibility index (Phi) is 7.07. The van der Waals surface area contributed by atoms with Crippen LogP contribution >= 0.6 is 0 Å². The topological polar surface area (TPSA) is 35.6 Å². The van der Waals surface area contributed by atoms with Gasteiger partial charge in [0.2, 0.25) is 5.91 Å². The van der Waals surface area contributed by atoms with E-state index < -0.39 is 0 Å². The fraction of sp³-hybridized carbons (Fsp3) is 0.409. The summed E-state index contributed by atoms with van der Waals surface area (Å²) in [5, 5.41) is 3.06. The van der Waals surface area contributed by atoms with Crippen LogP contribution in [0.1, 0.15) is 31.9 Å². The van der Waals surface area contributed by atoms with Crippen LogP contribution in [0.25, 0.3) is 0 Å². The van der Waals surface area contributed by atoms with Gasteiger partial charge in [0, 0.05) is 36.7 Å². The Hall–Kier alpha value is -2.49. The molecule has 26 heavy (non-hydrogen) atoms. The summed E-state index contributed by atoms with van der Waals surface area (Å²) in [6.45, 7) is 13.6. The molecule has 0 heterocycles. The molecule has 0 spiro atoms. The third kappa shape index (κ3) is 5.01. The molecule has 2 aromatic carbocycles. The third-order valence-corrected chi connectivity index (χ3v) is 4.70. The van der Waals surface area contributed by atoms with Crippen LogP contribution in [0, 0.1) is 13.8 Å². The van der Waals surface area contributed by atoms with E-state index in [0.717, 1.165) is 36.6 Å². The highest BCUT2D eigenvalue weighted by Gasteiger charge is 2.12. The third-order valence-electron chi connectivity index (χ3n) is 4.70.